The van der Waals surface area contributed by atoms with Crippen LogP contribution in [0.15, 0.2) is 42.5 Å². The van der Waals surface area contributed by atoms with E-state index in [9.17, 15) is 4.79 Å². The van der Waals surface area contributed by atoms with Gasteiger partial charge in [0.25, 0.3) is 0 Å². The third kappa shape index (κ3) is 3.18. The zero-order valence-corrected chi connectivity index (χ0v) is 12.0. The van der Waals surface area contributed by atoms with Crippen LogP contribution in [-0.2, 0) is 0 Å². The number of rotatable bonds is 4. The maximum absolute atomic E-state index is 12.2. The van der Waals surface area contributed by atoms with Crippen molar-refractivity contribution in [3.8, 4) is 11.5 Å². The van der Waals surface area contributed by atoms with Crippen LogP contribution < -0.4 is 9.47 Å². The van der Waals surface area contributed by atoms with E-state index >= 15 is 0 Å². The van der Waals surface area contributed by atoms with Crippen LogP contribution in [0.4, 0.5) is 0 Å². The molecule has 0 aliphatic rings. The minimum atomic E-state index is -0.375. The van der Waals surface area contributed by atoms with Gasteiger partial charge in [-0.3, -0.25) is 0 Å². The zero-order chi connectivity index (χ0) is 14.5. The summed E-state index contributed by atoms with van der Waals surface area (Å²) in [4.78, 5) is 12.2. The van der Waals surface area contributed by atoms with Crippen molar-refractivity contribution in [1.82, 2.24) is 0 Å². The fourth-order valence-electron chi connectivity index (χ4n) is 1.87. The Balaban J connectivity index is 2.19. The average molecular weight is 270 g/mol. The van der Waals surface area contributed by atoms with E-state index < -0.39 is 0 Å². The number of carbonyl (C=O) groups excluding carboxylic acids is 1. The standard InChI is InChI=1S/C17H18O3/c1-4-19-15-9-6-8-14(11-15)17(18)20-16-10-5-7-12(2)13(16)3/h5-11H,4H2,1-3H3. The molecule has 0 saturated heterocycles. The number of benzene rings is 2. The molecular weight excluding hydrogens is 252 g/mol. The zero-order valence-electron chi connectivity index (χ0n) is 12.0. The lowest BCUT2D eigenvalue weighted by Crippen LogP contribution is -2.09. The van der Waals surface area contributed by atoms with Crippen molar-refractivity contribution in [3.05, 3.63) is 59.2 Å². The molecule has 3 nitrogen and oxygen atoms in total. The summed E-state index contributed by atoms with van der Waals surface area (Å²) in [6.45, 7) is 6.40. The fraction of sp³-hybridized carbons (Fsp3) is 0.235. The van der Waals surface area contributed by atoms with Gasteiger partial charge in [0.15, 0.2) is 0 Å². The van der Waals surface area contributed by atoms with E-state index in [0.29, 0.717) is 23.7 Å². The van der Waals surface area contributed by atoms with Crippen molar-refractivity contribution in [3.63, 3.8) is 0 Å². The third-order valence-electron chi connectivity index (χ3n) is 3.14. The molecule has 2 aromatic carbocycles. The van der Waals surface area contributed by atoms with Crippen LogP contribution in [0, 0.1) is 13.8 Å². The van der Waals surface area contributed by atoms with Gasteiger partial charge in [-0.15, -0.1) is 0 Å². The average Bonchev–Trinajstić information content (AvgIpc) is 2.44. The molecule has 3 heteroatoms. The number of ether oxygens (including phenoxy) is 2. The van der Waals surface area contributed by atoms with Gasteiger partial charge in [-0.2, -0.15) is 0 Å². The van der Waals surface area contributed by atoms with E-state index in [1.807, 2.05) is 39.0 Å². The van der Waals surface area contributed by atoms with Gasteiger partial charge >= 0.3 is 5.97 Å². The van der Waals surface area contributed by atoms with Gasteiger partial charge in [-0.05, 0) is 56.2 Å². The van der Waals surface area contributed by atoms with E-state index in [1.165, 1.54) is 0 Å². The summed E-state index contributed by atoms with van der Waals surface area (Å²) >= 11 is 0. The molecule has 0 saturated carbocycles. The van der Waals surface area contributed by atoms with Gasteiger partial charge in [0, 0.05) is 0 Å². The highest BCUT2D eigenvalue weighted by atomic mass is 16.5. The lowest BCUT2D eigenvalue weighted by molar-refractivity contribution is 0.0733. The molecule has 0 aliphatic heterocycles. The molecule has 0 N–H and O–H groups in total. The van der Waals surface area contributed by atoms with Crippen LogP contribution in [0.2, 0.25) is 0 Å². The smallest absolute Gasteiger partial charge is 0.343 e. The molecule has 2 rings (SSSR count). The monoisotopic (exact) mass is 270 g/mol. The van der Waals surface area contributed by atoms with Crippen LogP contribution >= 0.6 is 0 Å². The van der Waals surface area contributed by atoms with Crippen molar-refractivity contribution < 1.29 is 14.3 Å². The summed E-state index contributed by atoms with van der Waals surface area (Å²) in [7, 11) is 0. The van der Waals surface area contributed by atoms with E-state index in [0.717, 1.165) is 11.1 Å². The van der Waals surface area contributed by atoms with Crippen LogP contribution in [0.5, 0.6) is 11.5 Å². The van der Waals surface area contributed by atoms with Crippen molar-refractivity contribution in [1.29, 1.82) is 0 Å². The Morgan fingerprint density at radius 3 is 2.60 bits per heavy atom. The Morgan fingerprint density at radius 2 is 1.85 bits per heavy atom. The highest BCUT2D eigenvalue weighted by Crippen LogP contribution is 2.22. The molecule has 0 radical (unpaired) electrons. The number of esters is 1. The van der Waals surface area contributed by atoms with Gasteiger partial charge in [0.2, 0.25) is 0 Å². The van der Waals surface area contributed by atoms with Gasteiger partial charge in [-0.1, -0.05) is 18.2 Å². The maximum atomic E-state index is 12.2. The van der Waals surface area contributed by atoms with Gasteiger partial charge < -0.3 is 9.47 Å². The highest BCUT2D eigenvalue weighted by Gasteiger charge is 2.11. The van der Waals surface area contributed by atoms with Crippen LogP contribution in [0.3, 0.4) is 0 Å². The molecule has 0 unspecified atom stereocenters. The van der Waals surface area contributed by atoms with Gasteiger partial charge in [0.1, 0.15) is 11.5 Å². The van der Waals surface area contributed by atoms with E-state index in [4.69, 9.17) is 9.47 Å². The maximum Gasteiger partial charge on any atom is 0.343 e. The second-order valence-electron chi connectivity index (χ2n) is 4.55. The molecule has 0 fully saturated rings. The molecule has 0 heterocycles. The first-order valence-corrected chi connectivity index (χ1v) is 6.63. The van der Waals surface area contributed by atoms with Crippen molar-refractivity contribution in [2.45, 2.75) is 20.8 Å². The third-order valence-corrected chi connectivity index (χ3v) is 3.14. The number of carbonyl (C=O) groups is 1. The number of hydrogen-bond donors (Lipinski definition) is 0. The molecule has 0 aromatic heterocycles. The predicted octanol–water partition coefficient (Wildman–Crippen LogP) is 3.92. The van der Waals surface area contributed by atoms with Crippen molar-refractivity contribution in [2.75, 3.05) is 6.61 Å². The quantitative estimate of drug-likeness (QED) is 0.624. The Labute approximate surface area is 119 Å². The minimum absolute atomic E-state index is 0.375. The summed E-state index contributed by atoms with van der Waals surface area (Å²) in [5.74, 6) is 0.889. The summed E-state index contributed by atoms with van der Waals surface area (Å²) in [6, 6.07) is 12.7. The van der Waals surface area contributed by atoms with E-state index in [1.54, 1.807) is 24.3 Å². The molecule has 20 heavy (non-hydrogen) atoms. The summed E-state index contributed by atoms with van der Waals surface area (Å²) in [5, 5.41) is 0. The van der Waals surface area contributed by atoms with Gasteiger partial charge in [-0.25, -0.2) is 4.79 Å². The first-order valence-electron chi connectivity index (χ1n) is 6.63. The van der Waals surface area contributed by atoms with E-state index in [-0.39, 0.29) is 5.97 Å². The largest absolute Gasteiger partial charge is 0.494 e. The van der Waals surface area contributed by atoms with Gasteiger partial charge in [0.05, 0.1) is 12.2 Å². The van der Waals surface area contributed by atoms with Crippen LogP contribution in [0.1, 0.15) is 28.4 Å². The molecule has 104 valence electrons. The molecule has 0 aliphatic carbocycles. The van der Waals surface area contributed by atoms with Crippen molar-refractivity contribution in [2.24, 2.45) is 0 Å². The Kier molecular flexibility index (Phi) is 4.41. The molecule has 0 bridgehead atoms. The highest BCUT2D eigenvalue weighted by molar-refractivity contribution is 5.91. The number of hydrogen-bond acceptors (Lipinski definition) is 3. The molecule has 0 amide bonds. The van der Waals surface area contributed by atoms with E-state index in [2.05, 4.69) is 0 Å². The number of aryl methyl sites for hydroxylation is 1. The predicted molar refractivity (Wildman–Crippen MR) is 78.5 cm³/mol. The second kappa shape index (κ2) is 6.24. The Bertz CT molecular complexity index is 617. The molecule has 0 atom stereocenters. The Hall–Kier alpha value is -2.29. The molecule has 0 spiro atoms. The lowest BCUT2D eigenvalue weighted by Gasteiger charge is -2.10. The second-order valence-corrected chi connectivity index (χ2v) is 4.55. The van der Waals surface area contributed by atoms with Crippen LogP contribution in [-0.4, -0.2) is 12.6 Å². The summed E-state index contributed by atoms with van der Waals surface area (Å²) in [5.41, 5.74) is 2.55. The Morgan fingerprint density at radius 1 is 1.10 bits per heavy atom. The minimum Gasteiger partial charge on any atom is -0.494 e. The SMILES string of the molecule is CCOc1cccc(C(=O)Oc2cccc(C)c2C)c1. The first kappa shape index (κ1) is 14.1. The molecular formula is C17H18O3. The molecule has 2 aromatic rings. The topological polar surface area (TPSA) is 35.5 Å². The normalized spacial score (nSPS) is 10.2. The van der Waals surface area contributed by atoms with Crippen LogP contribution in [0.25, 0.3) is 0 Å². The first-order chi connectivity index (χ1) is 9.61. The summed E-state index contributed by atoms with van der Waals surface area (Å²) < 4.78 is 10.8. The lowest BCUT2D eigenvalue weighted by atomic mass is 10.1. The van der Waals surface area contributed by atoms with Crippen molar-refractivity contribution >= 4 is 5.97 Å². The fourth-order valence-corrected chi connectivity index (χ4v) is 1.87. The summed E-state index contributed by atoms with van der Waals surface area (Å²) in [6.07, 6.45) is 0.